The third kappa shape index (κ3) is 2.62. The van der Waals surface area contributed by atoms with Gasteiger partial charge in [-0.3, -0.25) is 0 Å². The molecule has 2 rings (SSSR count). The second kappa shape index (κ2) is 5.21. The van der Waals surface area contributed by atoms with Crippen LogP contribution >= 0.6 is 15.9 Å². The molecule has 0 saturated heterocycles. The summed E-state index contributed by atoms with van der Waals surface area (Å²) in [4.78, 5) is 0. The fourth-order valence-corrected chi connectivity index (χ4v) is 2.58. The zero-order chi connectivity index (χ0) is 13.3. The average Bonchev–Trinajstić information content (AvgIpc) is 2.31. The van der Waals surface area contributed by atoms with Crippen LogP contribution in [0.4, 0.5) is 4.39 Å². The summed E-state index contributed by atoms with van der Waals surface area (Å²) in [6.45, 7) is 3.96. The van der Waals surface area contributed by atoms with Crippen molar-refractivity contribution in [1.29, 1.82) is 0 Å². The molecule has 0 spiro atoms. The highest BCUT2D eigenvalue weighted by molar-refractivity contribution is 9.10. The first kappa shape index (κ1) is 13.2. The van der Waals surface area contributed by atoms with Crippen LogP contribution in [-0.2, 0) is 0 Å². The van der Waals surface area contributed by atoms with Crippen molar-refractivity contribution in [3.63, 3.8) is 0 Å². The molecule has 2 aromatic carbocycles. The summed E-state index contributed by atoms with van der Waals surface area (Å²) in [5, 5.41) is 0. The van der Waals surface area contributed by atoms with Crippen molar-refractivity contribution < 1.29 is 4.39 Å². The Morgan fingerprint density at radius 2 is 1.72 bits per heavy atom. The largest absolute Gasteiger partial charge is 0.320 e. The van der Waals surface area contributed by atoms with Crippen LogP contribution in [0.25, 0.3) is 0 Å². The van der Waals surface area contributed by atoms with Crippen molar-refractivity contribution in [3.8, 4) is 0 Å². The van der Waals surface area contributed by atoms with E-state index in [1.807, 2.05) is 32.0 Å². The van der Waals surface area contributed by atoms with Crippen LogP contribution in [0.5, 0.6) is 0 Å². The zero-order valence-corrected chi connectivity index (χ0v) is 12.0. The second-order valence-corrected chi connectivity index (χ2v) is 5.40. The summed E-state index contributed by atoms with van der Waals surface area (Å²) >= 11 is 3.43. The van der Waals surface area contributed by atoms with E-state index in [0.29, 0.717) is 0 Å². The van der Waals surface area contributed by atoms with Gasteiger partial charge in [0.05, 0.1) is 6.04 Å². The van der Waals surface area contributed by atoms with Crippen LogP contribution in [0.1, 0.15) is 28.3 Å². The molecule has 18 heavy (non-hydrogen) atoms. The number of nitrogens with two attached hydrogens (primary N) is 1. The SMILES string of the molecule is Cc1cc(Br)ccc1C(N)c1cc(F)ccc1C. The summed E-state index contributed by atoms with van der Waals surface area (Å²) in [6.07, 6.45) is 0. The minimum absolute atomic E-state index is 0.249. The molecule has 0 saturated carbocycles. The quantitative estimate of drug-likeness (QED) is 0.881. The topological polar surface area (TPSA) is 26.0 Å². The van der Waals surface area contributed by atoms with Gasteiger partial charge in [0.25, 0.3) is 0 Å². The van der Waals surface area contributed by atoms with E-state index >= 15 is 0 Å². The first-order valence-corrected chi connectivity index (χ1v) is 6.56. The summed E-state index contributed by atoms with van der Waals surface area (Å²) in [7, 11) is 0. The van der Waals surface area contributed by atoms with Gasteiger partial charge in [-0.2, -0.15) is 0 Å². The van der Waals surface area contributed by atoms with Crippen molar-refractivity contribution >= 4 is 15.9 Å². The van der Waals surface area contributed by atoms with Gasteiger partial charge in [0.1, 0.15) is 5.82 Å². The molecule has 0 bridgehead atoms. The van der Waals surface area contributed by atoms with E-state index in [0.717, 1.165) is 26.7 Å². The molecule has 3 heteroatoms. The van der Waals surface area contributed by atoms with Gasteiger partial charge in [-0.05, 0) is 60.4 Å². The standard InChI is InChI=1S/C15H15BrFN/c1-9-3-5-12(17)8-14(9)15(18)13-6-4-11(16)7-10(13)2/h3-8,15H,18H2,1-2H3. The summed E-state index contributed by atoms with van der Waals surface area (Å²) in [5.41, 5.74) is 10.2. The Morgan fingerprint density at radius 1 is 1.00 bits per heavy atom. The smallest absolute Gasteiger partial charge is 0.123 e. The summed E-state index contributed by atoms with van der Waals surface area (Å²) in [6, 6.07) is 10.4. The molecular weight excluding hydrogens is 293 g/mol. The maximum atomic E-state index is 13.3. The van der Waals surface area contributed by atoms with E-state index in [1.54, 1.807) is 6.07 Å². The Labute approximate surface area is 115 Å². The summed E-state index contributed by atoms with van der Waals surface area (Å²) in [5.74, 6) is -0.249. The lowest BCUT2D eigenvalue weighted by Gasteiger charge is -2.17. The molecule has 0 radical (unpaired) electrons. The molecule has 2 aromatic rings. The Morgan fingerprint density at radius 3 is 2.39 bits per heavy atom. The van der Waals surface area contributed by atoms with Crippen molar-refractivity contribution in [2.45, 2.75) is 19.9 Å². The molecular formula is C15H15BrFN. The highest BCUT2D eigenvalue weighted by Gasteiger charge is 2.14. The molecule has 2 N–H and O–H groups in total. The second-order valence-electron chi connectivity index (χ2n) is 4.48. The molecule has 0 aliphatic heterocycles. The van der Waals surface area contributed by atoms with Gasteiger partial charge in [-0.1, -0.05) is 28.1 Å². The van der Waals surface area contributed by atoms with Gasteiger partial charge < -0.3 is 5.73 Å². The molecule has 1 nitrogen and oxygen atoms in total. The van der Waals surface area contributed by atoms with Crippen LogP contribution in [0, 0.1) is 19.7 Å². The van der Waals surface area contributed by atoms with Crippen LogP contribution in [-0.4, -0.2) is 0 Å². The minimum Gasteiger partial charge on any atom is -0.320 e. The number of hydrogen-bond acceptors (Lipinski definition) is 1. The maximum Gasteiger partial charge on any atom is 0.123 e. The number of aryl methyl sites for hydroxylation is 2. The third-order valence-electron chi connectivity index (χ3n) is 3.14. The maximum absolute atomic E-state index is 13.3. The molecule has 1 unspecified atom stereocenters. The van der Waals surface area contributed by atoms with Gasteiger partial charge in [-0.15, -0.1) is 0 Å². The van der Waals surface area contributed by atoms with Gasteiger partial charge in [0.2, 0.25) is 0 Å². The minimum atomic E-state index is -0.297. The number of benzene rings is 2. The number of halogens is 2. The zero-order valence-electron chi connectivity index (χ0n) is 10.4. The predicted octanol–water partition coefficient (Wildman–Crippen LogP) is 4.25. The first-order valence-electron chi connectivity index (χ1n) is 5.76. The highest BCUT2D eigenvalue weighted by atomic mass is 79.9. The first-order chi connectivity index (χ1) is 8.49. The number of rotatable bonds is 2. The molecule has 0 amide bonds. The third-order valence-corrected chi connectivity index (χ3v) is 3.64. The Hall–Kier alpha value is -1.19. The normalized spacial score (nSPS) is 12.5. The van der Waals surface area contributed by atoms with E-state index in [9.17, 15) is 4.39 Å². The van der Waals surface area contributed by atoms with Crippen LogP contribution < -0.4 is 5.73 Å². The number of hydrogen-bond donors (Lipinski definition) is 1. The lowest BCUT2D eigenvalue weighted by Crippen LogP contribution is -2.14. The lowest BCUT2D eigenvalue weighted by molar-refractivity contribution is 0.622. The molecule has 0 aromatic heterocycles. The fourth-order valence-electron chi connectivity index (χ4n) is 2.10. The van der Waals surface area contributed by atoms with Crippen LogP contribution in [0.15, 0.2) is 40.9 Å². The Bertz CT molecular complexity index is 581. The van der Waals surface area contributed by atoms with Gasteiger partial charge in [0.15, 0.2) is 0 Å². The summed E-state index contributed by atoms with van der Waals surface area (Å²) < 4.78 is 14.3. The Kier molecular flexibility index (Phi) is 3.83. The van der Waals surface area contributed by atoms with Crippen LogP contribution in [0.2, 0.25) is 0 Å². The molecule has 1 atom stereocenters. The monoisotopic (exact) mass is 307 g/mol. The fraction of sp³-hybridized carbons (Fsp3) is 0.200. The van der Waals surface area contributed by atoms with E-state index in [-0.39, 0.29) is 11.9 Å². The molecule has 0 fully saturated rings. The average molecular weight is 308 g/mol. The van der Waals surface area contributed by atoms with E-state index in [1.165, 1.54) is 12.1 Å². The molecule has 0 heterocycles. The van der Waals surface area contributed by atoms with E-state index in [4.69, 9.17) is 5.73 Å². The predicted molar refractivity (Wildman–Crippen MR) is 76.0 cm³/mol. The van der Waals surface area contributed by atoms with Crippen molar-refractivity contribution in [2.75, 3.05) is 0 Å². The Balaban J connectivity index is 2.47. The van der Waals surface area contributed by atoms with Gasteiger partial charge in [-0.25, -0.2) is 4.39 Å². The molecule has 0 aliphatic rings. The van der Waals surface area contributed by atoms with Crippen molar-refractivity contribution in [1.82, 2.24) is 0 Å². The van der Waals surface area contributed by atoms with E-state index < -0.39 is 0 Å². The van der Waals surface area contributed by atoms with Crippen molar-refractivity contribution in [3.05, 3.63) is 68.9 Å². The van der Waals surface area contributed by atoms with Gasteiger partial charge in [0, 0.05) is 4.47 Å². The van der Waals surface area contributed by atoms with Crippen LogP contribution in [0.3, 0.4) is 0 Å². The van der Waals surface area contributed by atoms with Crippen molar-refractivity contribution in [2.24, 2.45) is 5.73 Å². The van der Waals surface area contributed by atoms with Gasteiger partial charge >= 0.3 is 0 Å². The lowest BCUT2D eigenvalue weighted by atomic mass is 9.93. The van der Waals surface area contributed by atoms with E-state index in [2.05, 4.69) is 15.9 Å². The highest BCUT2D eigenvalue weighted by Crippen LogP contribution is 2.27. The molecule has 0 aliphatic carbocycles. The molecule has 94 valence electrons.